The van der Waals surface area contributed by atoms with E-state index < -0.39 is 36.9 Å². The number of rotatable bonds is 42. The molecule has 6 nitrogen and oxygen atoms in total. The van der Waals surface area contributed by atoms with E-state index in [2.05, 4.69) is 79.9 Å². The molecule has 0 aliphatic heterocycles. The molecule has 4 unspecified atom stereocenters. The molecule has 326 valence electrons. The smallest absolute Gasteiger partial charge is 0.249 e. The molecule has 0 bridgehead atoms. The van der Waals surface area contributed by atoms with Gasteiger partial charge in [-0.15, -0.1) is 0 Å². The lowest BCUT2D eigenvalue weighted by Crippen LogP contribution is -2.53. The highest BCUT2D eigenvalue weighted by atomic mass is 16.3. The summed E-state index contributed by atoms with van der Waals surface area (Å²) in [7, 11) is 0. The first-order valence-corrected chi connectivity index (χ1v) is 23.7. The van der Waals surface area contributed by atoms with Crippen LogP contribution in [0.25, 0.3) is 0 Å². The molecular formula is C50H91NO5. The molecule has 0 aliphatic rings. The van der Waals surface area contributed by atoms with E-state index in [0.29, 0.717) is 19.3 Å². The number of unbranched alkanes of at least 4 members (excludes halogenated alkanes) is 23. The van der Waals surface area contributed by atoms with Crippen LogP contribution in [0.15, 0.2) is 60.8 Å². The lowest BCUT2D eigenvalue weighted by atomic mass is 10.00. The summed E-state index contributed by atoms with van der Waals surface area (Å²) >= 11 is 0. The van der Waals surface area contributed by atoms with Crippen molar-refractivity contribution >= 4 is 5.91 Å². The summed E-state index contributed by atoms with van der Waals surface area (Å²) in [4.78, 5) is 12.5. The fourth-order valence-electron chi connectivity index (χ4n) is 6.88. The monoisotopic (exact) mass is 786 g/mol. The minimum Gasteiger partial charge on any atom is -0.394 e. The van der Waals surface area contributed by atoms with Crippen molar-refractivity contribution < 1.29 is 25.2 Å². The number of nitrogens with one attached hydrogen (secondary N) is 1. The Labute approximate surface area is 346 Å². The molecule has 0 heterocycles. The van der Waals surface area contributed by atoms with Gasteiger partial charge in [-0.05, 0) is 96.3 Å². The third kappa shape index (κ3) is 37.6. The number of carbonyl (C=O) groups is 1. The van der Waals surface area contributed by atoms with E-state index in [4.69, 9.17) is 0 Å². The number of aliphatic hydroxyl groups is 4. The predicted molar refractivity (Wildman–Crippen MR) is 242 cm³/mol. The maximum absolute atomic E-state index is 12.5. The second kappa shape index (κ2) is 44.1. The van der Waals surface area contributed by atoms with Crippen molar-refractivity contribution in [3.8, 4) is 0 Å². The van der Waals surface area contributed by atoms with Gasteiger partial charge in [0.1, 0.15) is 12.2 Å². The highest BCUT2D eigenvalue weighted by Crippen LogP contribution is 2.14. The predicted octanol–water partition coefficient (Wildman–Crippen LogP) is 12.9. The van der Waals surface area contributed by atoms with Gasteiger partial charge in [-0.3, -0.25) is 4.79 Å². The van der Waals surface area contributed by atoms with Crippen LogP contribution >= 0.6 is 0 Å². The van der Waals surface area contributed by atoms with Crippen LogP contribution in [0.5, 0.6) is 0 Å². The Morgan fingerprint density at radius 3 is 1.27 bits per heavy atom. The van der Waals surface area contributed by atoms with Crippen molar-refractivity contribution in [2.45, 2.75) is 244 Å². The van der Waals surface area contributed by atoms with Gasteiger partial charge in [-0.2, -0.15) is 0 Å². The van der Waals surface area contributed by atoms with Crippen molar-refractivity contribution in [3.63, 3.8) is 0 Å². The van der Waals surface area contributed by atoms with E-state index in [9.17, 15) is 25.2 Å². The van der Waals surface area contributed by atoms with Gasteiger partial charge in [0, 0.05) is 0 Å². The molecule has 0 spiro atoms. The van der Waals surface area contributed by atoms with Gasteiger partial charge in [0.15, 0.2) is 0 Å². The summed E-state index contributed by atoms with van der Waals surface area (Å²) in [6.07, 6.45) is 55.4. The quantitative estimate of drug-likeness (QED) is 0.0313. The third-order valence-electron chi connectivity index (χ3n) is 10.7. The van der Waals surface area contributed by atoms with Gasteiger partial charge >= 0.3 is 0 Å². The number of aliphatic hydroxyl groups excluding tert-OH is 4. The second-order valence-corrected chi connectivity index (χ2v) is 16.1. The first-order valence-electron chi connectivity index (χ1n) is 23.7. The van der Waals surface area contributed by atoms with Crippen LogP contribution in [0.1, 0.15) is 219 Å². The van der Waals surface area contributed by atoms with Gasteiger partial charge in [0.2, 0.25) is 5.91 Å². The zero-order valence-corrected chi connectivity index (χ0v) is 36.6. The summed E-state index contributed by atoms with van der Waals surface area (Å²) in [5.41, 5.74) is 0. The number of amides is 1. The molecule has 0 aromatic heterocycles. The van der Waals surface area contributed by atoms with Crippen LogP contribution in [-0.2, 0) is 4.79 Å². The SMILES string of the molecule is CCCCC/C=C\C/C=C\CCCCCCCCC(O)C(=O)NC(CO)C(O)C(O)CCC/C=C/CC/C=C/CC/C=C/CCCCCCCCCCCCC. The normalized spacial score (nSPS) is 14.6. The van der Waals surface area contributed by atoms with Crippen LogP contribution in [-0.4, -0.2) is 57.3 Å². The average molecular weight is 786 g/mol. The van der Waals surface area contributed by atoms with E-state index >= 15 is 0 Å². The molecule has 0 fully saturated rings. The molecule has 56 heavy (non-hydrogen) atoms. The van der Waals surface area contributed by atoms with E-state index in [1.807, 2.05) is 0 Å². The molecule has 0 aliphatic carbocycles. The minimum absolute atomic E-state index is 0.344. The fraction of sp³-hybridized carbons (Fsp3) is 0.780. The van der Waals surface area contributed by atoms with Crippen molar-refractivity contribution in [1.82, 2.24) is 5.32 Å². The molecule has 0 rings (SSSR count). The highest BCUT2D eigenvalue weighted by molar-refractivity contribution is 5.80. The molecule has 4 atom stereocenters. The molecule has 0 aromatic carbocycles. The van der Waals surface area contributed by atoms with Gasteiger partial charge in [-0.25, -0.2) is 0 Å². The van der Waals surface area contributed by atoms with Gasteiger partial charge < -0.3 is 25.7 Å². The molecule has 0 aromatic rings. The zero-order valence-electron chi connectivity index (χ0n) is 36.6. The Bertz CT molecular complexity index is 972. The Kier molecular flexibility index (Phi) is 42.6. The Balaban J connectivity index is 3.82. The number of hydrogen-bond donors (Lipinski definition) is 5. The van der Waals surface area contributed by atoms with E-state index in [1.165, 1.54) is 116 Å². The topological polar surface area (TPSA) is 110 Å². The van der Waals surface area contributed by atoms with Crippen LogP contribution in [0.2, 0.25) is 0 Å². The van der Waals surface area contributed by atoms with Crippen LogP contribution in [0.4, 0.5) is 0 Å². The van der Waals surface area contributed by atoms with E-state index in [-0.39, 0.29) is 0 Å². The highest BCUT2D eigenvalue weighted by Gasteiger charge is 2.28. The lowest BCUT2D eigenvalue weighted by molar-refractivity contribution is -0.132. The maximum atomic E-state index is 12.5. The van der Waals surface area contributed by atoms with Gasteiger partial charge in [-0.1, -0.05) is 184 Å². The standard InChI is InChI=1S/C50H91NO5/c1-3-5-7-9-11-13-15-17-19-21-22-23-24-25-26-27-28-30-31-33-35-37-39-41-43-47(53)49(55)46(45-52)51-50(56)48(54)44-42-40-38-36-34-32-29-20-18-16-14-12-10-8-6-4-2/h12,14,18,20,24-25,28,30,35,37,46-49,52-55H,3-11,13,15-17,19,21-23,26-27,29,31-34,36,38-45H2,1-2H3,(H,51,56)/b14-12-,20-18-,25-24+,30-28+,37-35+. The molecular weight excluding hydrogens is 695 g/mol. The minimum atomic E-state index is -1.30. The van der Waals surface area contributed by atoms with Crippen molar-refractivity contribution in [2.75, 3.05) is 6.61 Å². The molecule has 6 heteroatoms. The molecule has 0 saturated carbocycles. The summed E-state index contributed by atoms with van der Waals surface area (Å²) in [5, 5.41) is 43.7. The first kappa shape index (κ1) is 54.0. The summed E-state index contributed by atoms with van der Waals surface area (Å²) in [6, 6.07) is -1.02. The number of allylic oxidation sites excluding steroid dienone is 10. The van der Waals surface area contributed by atoms with Gasteiger partial charge in [0.25, 0.3) is 0 Å². The zero-order chi connectivity index (χ0) is 41.0. The van der Waals surface area contributed by atoms with E-state index in [1.54, 1.807) is 0 Å². The maximum Gasteiger partial charge on any atom is 0.249 e. The summed E-state index contributed by atoms with van der Waals surface area (Å²) in [5.74, 6) is -0.610. The lowest BCUT2D eigenvalue weighted by Gasteiger charge is -2.27. The average Bonchev–Trinajstić information content (AvgIpc) is 3.20. The summed E-state index contributed by atoms with van der Waals surface area (Å²) in [6.45, 7) is 4.00. The van der Waals surface area contributed by atoms with Crippen LogP contribution < -0.4 is 5.32 Å². The molecule has 5 N–H and O–H groups in total. The van der Waals surface area contributed by atoms with Gasteiger partial charge in [0.05, 0.1) is 18.8 Å². The summed E-state index contributed by atoms with van der Waals surface area (Å²) < 4.78 is 0. The van der Waals surface area contributed by atoms with Crippen molar-refractivity contribution in [1.29, 1.82) is 0 Å². The van der Waals surface area contributed by atoms with Crippen molar-refractivity contribution in [3.05, 3.63) is 60.8 Å². The Morgan fingerprint density at radius 1 is 0.446 bits per heavy atom. The van der Waals surface area contributed by atoms with Crippen LogP contribution in [0.3, 0.4) is 0 Å². The Morgan fingerprint density at radius 2 is 0.804 bits per heavy atom. The van der Waals surface area contributed by atoms with E-state index in [0.717, 1.165) is 70.6 Å². The van der Waals surface area contributed by atoms with Crippen molar-refractivity contribution in [2.24, 2.45) is 0 Å². The molecule has 1 amide bonds. The third-order valence-corrected chi connectivity index (χ3v) is 10.7. The fourth-order valence-corrected chi connectivity index (χ4v) is 6.88. The largest absolute Gasteiger partial charge is 0.394 e. The molecule has 0 radical (unpaired) electrons. The first-order chi connectivity index (χ1) is 27.5. The second-order valence-electron chi connectivity index (χ2n) is 16.1. The van der Waals surface area contributed by atoms with Crippen LogP contribution in [0, 0.1) is 0 Å². The number of hydrogen-bond acceptors (Lipinski definition) is 5. The Hall–Kier alpha value is -1.99. The number of carbonyl (C=O) groups excluding carboxylic acids is 1. The molecule has 0 saturated heterocycles.